The molecule has 0 radical (unpaired) electrons. The average Bonchev–Trinajstić information content (AvgIpc) is 2.63. The van der Waals surface area contributed by atoms with E-state index in [1.54, 1.807) is 0 Å². The molecule has 3 nitrogen and oxygen atoms in total. The summed E-state index contributed by atoms with van der Waals surface area (Å²) in [5.74, 6) is 1.66. The van der Waals surface area contributed by atoms with E-state index in [0.717, 1.165) is 30.7 Å². The number of hydrogen-bond donors (Lipinski definition) is 1. The zero-order valence-electron chi connectivity index (χ0n) is 10.9. The first kappa shape index (κ1) is 12.1. The van der Waals surface area contributed by atoms with Crippen LogP contribution in [0.3, 0.4) is 0 Å². The van der Waals surface area contributed by atoms with E-state index in [4.69, 9.17) is 10.7 Å². The molecule has 0 atom stereocenters. The topological polar surface area (TPSA) is 43.8 Å². The third-order valence-electron chi connectivity index (χ3n) is 3.24. The van der Waals surface area contributed by atoms with Crippen molar-refractivity contribution in [3.63, 3.8) is 0 Å². The number of fused-ring (bicyclic) bond motifs is 1. The fraction of sp³-hybridized carbons (Fsp3) is 0.500. The molecule has 0 bridgehead atoms. The lowest BCUT2D eigenvalue weighted by atomic mass is 10.0. The van der Waals surface area contributed by atoms with Crippen LogP contribution in [0.5, 0.6) is 0 Å². The molecule has 0 unspecified atom stereocenters. The maximum absolute atomic E-state index is 5.56. The lowest BCUT2D eigenvalue weighted by Crippen LogP contribution is -2.05. The van der Waals surface area contributed by atoms with Crippen LogP contribution < -0.4 is 5.73 Å². The van der Waals surface area contributed by atoms with Crippen molar-refractivity contribution in [2.75, 3.05) is 6.54 Å². The summed E-state index contributed by atoms with van der Waals surface area (Å²) in [5.41, 5.74) is 9.31. The van der Waals surface area contributed by atoms with Crippen LogP contribution in [0, 0.1) is 0 Å². The molecule has 2 N–H and O–H groups in total. The summed E-state index contributed by atoms with van der Waals surface area (Å²) in [7, 11) is 2.10. The normalized spacial score (nSPS) is 11.6. The Bertz CT molecular complexity index is 511. The molecule has 0 fully saturated rings. The van der Waals surface area contributed by atoms with Gasteiger partial charge >= 0.3 is 0 Å². The number of para-hydroxylation sites is 1. The number of nitrogens with two attached hydrogens (primary N) is 1. The molecule has 0 aliphatic rings. The Hall–Kier alpha value is -1.35. The molecule has 0 amide bonds. The van der Waals surface area contributed by atoms with Crippen LogP contribution in [-0.2, 0) is 13.5 Å². The van der Waals surface area contributed by atoms with Gasteiger partial charge in [0.1, 0.15) is 5.82 Å². The third kappa shape index (κ3) is 2.20. The fourth-order valence-corrected chi connectivity index (χ4v) is 2.30. The summed E-state index contributed by atoms with van der Waals surface area (Å²) in [5, 5.41) is 0. The predicted octanol–water partition coefficient (Wildman–Crippen LogP) is 2.59. The van der Waals surface area contributed by atoms with Crippen molar-refractivity contribution < 1.29 is 0 Å². The first-order chi connectivity index (χ1) is 8.15. The molecule has 17 heavy (non-hydrogen) atoms. The van der Waals surface area contributed by atoms with E-state index in [-0.39, 0.29) is 0 Å². The van der Waals surface area contributed by atoms with Gasteiger partial charge in [0.15, 0.2) is 0 Å². The molecule has 0 aliphatic heterocycles. The molecule has 2 rings (SSSR count). The second kappa shape index (κ2) is 4.88. The van der Waals surface area contributed by atoms with Crippen molar-refractivity contribution in [3.05, 3.63) is 29.6 Å². The standard InChI is InChI=1S/C14H21N3/c1-10(2)11-6-4-7-12-14(11)17(3)13(16-12)8-5-9-15/h4,6-7,10H,5,8-9,15H2,1-3H3. The van der Waals surface area contributed by atoms with Crippen LogP contribution in [0.2, 0.25) is 0 Å². The minimum Gasteiger partial charge on any atom is -0.331 e. The maximum atomic E-state index is 5.56. The van der Waals surface area contributed by atoms with Crippen molar-refractivity contribution in [2.24, 2.45) is 12.8 Å². The second-order valence-electron chi connectivity index (χ2n) is 4.85. The van der Waals surface area contributed by atoms with Gasteiger partial charge in [0, 0.05) is 13.5 Å². The first-order valence-corrected chi connectivity index (χ1v) is 6.29. The van der Waals surface area contributed by atoms with E-state index in [2.05, 4.69) is 43.7 Å². The van der Waals surface area contributed by atoms with Gasteiger partial charge < -0.3 is 10.3 Å². The molecule has 1 aromatic carbocycles. The van der Waals surface area contributed by atoms with Crippen LogP contribution in [0.1, 0.15) is 37.6 Å². The monoisotopic (exact) mass is 231 g/mol. The summed E-state index contributed by atoms with van der Waals surface area (Å²) in [4.78, 5) is 4.70. The molecule has 92 valence electrons. The van der Waals surface area contributed by atoms with Gasteiger partial charge in [-0.15, -0.1) is 0 Å². The van der Waals surface area contributed by atoms with E-state index in [1.807, 2.05) is 0 Å². The van der Waals surface area contributed by atoms with E-state index in [9.17, 15) is 0 Å². The van der Waals surface area contributed by atoms with Crippen molar-refractivity contribution in [3.8, 4) is 0 Å². The number of nitrogens with zero attached hydrogens (tertiary/aromatic N) is 2. The molecule has 0 spiro atoms. The SMILES string of the molecule is CC(C)c1cccc2nc(CCCN)n(C)c12. The molecular formula is C14H21N3. The maximum Gasteiger partial charge on any atom is 0.109 e. The summed E-state index contributed by atoms with van der Waals surface area (Å²) in [6.07, 6.45) is 1.95. The van der Waals surface area contributed by atoms with Gasteiger partial charge in [-0.2, -0.15) is 0 Å². The van der Waals surface area contributed by atoms with Gasteiger partial charge in [0.2, 0.25) is 0 Å². The average molecular weight is 231 g/mol. The second-order valence-corrected chi connectivity index (χ2v) is 4.85. The highest BCUT2D eigenvalue weighted by Crippen LogP contribution is 2.25. The van der Waals surface area contributed by atoms with Crippen LogP contribution in [-0.4, -0.2) is 16.1 Å². The quantitative estimate of drug-likeness (QED) is 0.879. The highest BCUT2D eigenvalue weighted by Gasteiger charge is 2.12. The summed E-state index contributed by atoms with van der Waals surface area (Å²) in [6.45, 7) is 5.17. The van der Waals surface area contributed by atoms with Gasteiger partial charge in [-0.25, -0.2) is 4.98 Å². The zero-order valence-corrected chi connectivity index (χ0v) is 10.9. The number of benzene rings is 1. The van der Waals surface area contributed by atoms with Crippen molar-refractivity contribution in [2.45, 2.75) is 32.6 Å². The Kier molecular flexibility index (Phi) is 3.48. The van der Waals surface area contributed by atoms with Crippen LogP contribution in [0.25, 0.3) is 11.0 Å². The highest BCUT2D eigenvalue weighted by molar-refractivity contribution is 5.80. The molecule has 1 heterocycles. The Morgan fingerprint density at radius 3 is 2.76 bits per heavy atom. The van der Waals surface area contributed by atoms with E-state index >= 15 is 0 Å². The van der Waals surface area contributed by atoms with E-state index < -0.39 is 0 Å². The van der Waals surface area contributed by atoms with E-state index in [0.29, 0.717) is 5.92 Å². The van der Waals surface area contributed by atoms with Crippen molar-refractivity contribution in [1.29, 1.82) is 0 Å². The molecule has 0 saturated heterocycles. The number of rotatable bonds is 4. The Labute approximate surface area is 103 Å². The van der Waals surface area contributed by atoms with Gasteiger partial charge in [0.05, 0.1) is 11.0 Å². The van der Waals surface area contributed by atoms with Gasteiger partial charge in [0.25, 0.3) is 0 Å². The Balaban J connectivity index is 2.53. The summed E-state index contributed by atoms with van der Waals surface area (Å²) >= 11 is 0. The van der Waals surface area contributed by atoms with Crippen LogP contribution >= 0.6 is 0 Å². The minimum absolute atomic E-state index is 0.524. The highest BCUT2D eigenvalue weighted by atomic mass is 15.1. The minimum atomic E-state index is 0.524. The molecule has 0 aliphatic carbocycles. The van der Waals surface area contributed by atoms with Crippen LogP contribution in [0.15, 0.2) is 18.2 Å². The largest absolute Gasteiger partial charge is 0.331 e. The summed E-state index contributed by atoms with van der Waals surface area (Å²) < 4.78 is 2.22. The number of hydrogen-bond acceptors (Lipinski definition) is 2. The number of aromatic nitrogens is 2. The smallest absolute Gasteiger partial charge is 0.109 e. The zero-order chi connectivity index (χ0) is 12.4. The van der Waals surface area contributed by atoms with Gasteiger partial charge in [-0.3, -0.25) is 0 Å². The fourth-order valence-electron chi connectivity index (χ4n) is 2.30. The van der Waals surface area contributed by atoms with E-state index in [1.165, 1.54) is 11.1 Å². The van der Waals surface area contributed by atoms with Crippen molar-refractivity contribution >= 4 is 11.0 Å². The number of aryl methyl sites for hydroxylation is 2. The molecule has 3 heteroatoms. The molecule has 0 saturated carbocycles. The first-order valence-electron chi connectivity index (χ1n) is 6.29. The Morgan fingerprint density at radius 1 is 1.35 bits per heavy atom. The number of imidazole rings is 1. The lowest BCUT2D eigenvalue weighted by Gasteiger charge is -2.09. The lowest BCUT2D eigenvalue weighted by molar-refractivity contribution is 0.737. The molecule has 2 aromatic rings. The Morgan fingerprint density at radius 2 is 2.12 bits per heavy atom. The predicted molar refractivity (Wildman–Crippen MR) is 72.2 cm³/mol. The van der Waals surface area contributed by atoms with Gasteiger partial charge in [-0.05, 0) is 30.5 Å². The third-order valence-corrected chi connectivity index (χ3v) is 3.24. The molecule has 1 aromatic heterocycles. The van der Waals surface area contributed by atoms with Gasteiger partial charge in [-0.1, -0.05) is 26.0 Å². The van der Waals surface area contributed by atoms with Crippen molar-refractivity contribution in [1.82, 2.24) is 9.55 Å². The summed E-state index contributed by atoms with van der Waals surface area (Å²) in [6, 6.07) is 6.38. The van der Waals surface area contributed by atoms with Crippen LogP contribution in [0.4, 0.5) is 0 Å². The molecular weight excluding hydrogens is 210 g/mol.